The molecule has 0 saturated heterocycles. The highest BCUT2D eigenvalue weighted by atomic mass is 32.2. The molecular weight excluding hydrogens is 465 g/mol. The lowest BCUT2D eigenvalue weighted by Crippen LogP contribution is -2.52. The Morgan fingerprint density at radius 2 is 1.61 bits per heavy atom. The van der Waals surface area contributed by atoms with Crippen LogP contribution in [0.4, 0.5) is 0 Å². The summed E-state index contributed by atoms with van der Waals surface area (Å²) in [4.78, 5) is 13.9. The summed E-state index contributed by atoms with van der Waals surface area (Å²) in [7, 11) is -5.15. The fourth-order valence-electron chi connectivity index (χ4n) is 4.56. The molecule has 0 amide bonds. The number of benzene rings is 1. The minimum Gasteiger partial charge on any atom is -0.417 e. The number of ketones is 1. The van der Waals surface area contributed by atoms with Gasteiger partial charge in [0.1, 0.15) is 11.0 Å². The van der Waals surface area contributed by atoms with Crippen molar-refractivity contribution in [2.45, 2.75) is 113 Å². The molecule has 1 aromatic rings. The summed E-state index contributed by atoms with van der Waals surface area (Å²) in [6.07, 6.45) is 1.84. The summed E-state index contributed by atoms with van der Waals surface area (Å²) in [5.41, 5.74) is 0. The van der Waals surface area contributed by atoms with E-state index in [1.807, 2.05) is 30.3 Å². The molecular formula is C26H46O4SSi2. The Morgan fingerprint density at radius 3 is 2.12 bits per heavy atom. The van der Waals surface area contributed by atoms with E-state index in [2.05, 4.69) is 54.6 Å². The van der Waals surface area contributed by atoms with Crippen LogP contribution >= 0.6 is 0 Å². The maximum absolute atomic E-state index is 13.7. The first-order chi connectivity index (χ1) is 15.4. The number of hydrogen-bond acceptors (Lipinski definition) is 4. The second-order valence-corrected chi connectivity index (χ2v) is 22.1. The molecule has 0 heterocycles. The minimum absolute atomic E-state index is 0.0502. The lowest BCUT2D eigenvalue weighted by Gasteiger charge is -2.45. The summed E-state index contributed by atoms with van der Waals surface area (Å²) in [5, 5.41) is -0.446. The van der Waals surface area contributed by atoms with Crippen molar-refractivity contribution < 1.29 is 17.9 Å². The van der Waals surface area contributed by atoms with E-state index in [0.29, 0.717) is 13.0 Å². The van der Waals surface area contributed by atoms with Gasteiger partial charge in [0, 0.05) is 29.9 Å². The van der Waals surface area contributed by atoms with Crippen molar-refractivity contribution >= 4 is 33.2 Å². The zero-order valence-corrected chi connectivity index (χ0v) is 24.9. The van der Waals surface area contributed by atoms with Crippen LogP contribution in [0.15, 0.2) is 35.2 Å². The molecule has 0 radical (unpaired) electrons. The summed E-state index contributed by atoms with van der Waals surface area (Å²) >= 11 is 0. The van der Waals surface area contributed by atoms with Crippen molar-refractivity contribution in [3.05, 3.63) is 30.3 Å². The van der Waals surface area contributed by atoms with E-state index in [9.17, 15) is 9.00 Å². The predicted octanol–water partition coefficient (Wildman–Crippen LogP) is 6.94. The van der Waals surface area contributed by atoms with Gasteiger partial charge in [-0.1, -0.05) is 59.7 Å². The number of hydrogen-bond donors (Lipinski definition) is 0. The van der Waals surface area contributed by atoms with E-state index in [1.165, 1.54) is 0 Å². The lowest BCUT2D eigenvalue weighted by molar-refractivity contribution is -0.123. The molecule has 0 aliphatic heterocycles. The molecule has 1 saturated carbocycles. The third-order valence-corrected chi connectivity index (χ3v) is 19.1. The second-order valence-electron chi connectivity index (χ2n) is 11.0. The van der Waals surface area contributed by atoms with Crippen molar-refractivity contribution in [3.8, 4) is 0 Å². The Bertz CT molecular complexity index is 779. The monoisotopic (exact) mass is 510 g/mol. The Hall–Kier alpha value is -0.606. The average molecular weight is 511 g/mol. The van der Waals surface area contributed by atoms with Gasteiger partial charge in [-0.15, -0.1) is 0 Å². The first kappa shape index (κ1) is 28.6. The summed E-state index contributed by atoms with van der Waals surface area (Å²) in [6, 6.07) is 12.8. The van der Waals surface area contributed by atoms with Crippen LogP contribution in [0.5, 0.6) is 0 Å². The van der Waals surface area contributed by atoms with Gasteiger partial charge in [-0.2, -0.15) is 0 Å². The summed E-state index contributed by atoms with van der Waals surface area (Å²) in [5.74, 6) is 0.0286. The van der Waals surface area contributed by atoms with Gasteiger partial charge in [-0.25, -0.2) is 0 Å². The lowest BCUT2D eigenvalue weighted by atomic mass is 9.83. The zero-order chi connectivity index (χ0) is 24.9. The van der Waals surface area contributed by atoms with Crippen LogP contribution < -0.4 is 0 Å². The largest absolute Gasteiger partial charge is 0.417 e. The average Bonchev–Trinajstić information content (AvgIpc) is 2.78. The fourth-order valence-corrected chi connectivity index (χ4v) is 10.3. The highest BCUT2D eigenvalue weighted by Gasteiger charge is 2.47. The first-order valence-electron chi connectivity index (χ1n) is 12.7. The number of carbonyl (C=O) groups excluding carboxylic acids is 1. The molecule has 0 aromatic heterocycles. The van der Waals surface area contributed by atoms with Gasteiger partial charge in [-0.05, 0) is 61.2 Å². The van der Waals surface area contributed by atoms with Crippen LogP contribution in [-0.2, 0) is 24.4 Å². The summed E-state index contributed by atoms with van der Waals surface area (Å²) < 4.78 is 27.1. The van der Waals surface area contributed by atoms with Crippen LogP contribution in [0.1, 0.15) is 60.8 Å². The normalized spacial score (nSPS) is 23.5. The van der Waals surface area contributed by atoms with Crippen LogP contribution in [0.2, 0.25) is 36.3 Å². The van der Waals surface area contributed by atoms with Crippen LogP contribution in [-0.4, -0.2) is 44.6 Å². The molecule has 1 aliphatic carbocycles. The number of Topliss-reactive ketones (excluding diaryl/α,β-unsaturated/α-hetero) is 1. The van der Waals surface area contributed by atoms with E-state index in [0.717, 1.165) is 35.9 Å². The van der Waals surface area contributed by atoms with Gasteiger partial charge in [0.05, 0.1) is 10.8 Å². The molecule has 1 fully saturated rings. The molecule has 4 nitrogen and oxygen atoms in total. The van der Waals surface area contributed by atoms with Crippen molar-refractivity contribution in [2.75, 3.05) is 6.61 Å². The molecule has 1 aromatic carbocycles. The third kappa shape index (κ3) is 6.97. The molecule has 0 spiro atoms. The fraction of sp³-hybridized carbons (Fsp3) is 0.731. The Morgan fingerprint density at radius 1 is 1.03 bits per heavy atom. The van der Waals surface area contributed by atoms with E-state index in [-0.39, 0.29) is 22.8 Å². The minimum atomic E-state index is -2.04. The van der Waals surface area contributed by atoms with Gasteiger partial charge < -0.3 is 8.85 Å². The summed E-state index contributed by atoms with van der Waals surface area (Å²) in [6.45, 7) is 18.6. The van der Waals surface area contributed by atoms with Gasteiger partial charge >= 0.3 is 0 Å². The highest BCUT2D eigenvalue weighted by Crippen LogP contribution is 2.42. The third-order valence-electron chi connectivity index (χ3n) is 8.11. The van der Waals surface area contributed by atoms with Crippen molar-refractivity contribution in [3.63, 3.8) is 0 Å². The molecule has 1 aliphatic rings. The molecule has 2 rings (SSSR count). The molecule has 4 atom stereocenters. The van der Waals surface area contributed by atoms with Crippen molar-refractivity contribution in [2.24, 2.45) is 5.92 Å². The quantitative estimate of drug-likeness (QED) is 0.302. The van der Waals surface area contributed by atoms with E-state index in [1.54, 1.807) is 0 Å². The van der Waals surface area contributed by atoms with E-state index >= 15 is 0 Å². The zero-order valence-electron chi connectivity index (χ0n) is 22.1. The topological polar surface area (TPSA) is 52.6 Å². The number of rotatable bonds is 11. The van der Waals surface area contributed by atoms with Crippen molar-refractivity contribution in [1.82, 2.24) is 0 Å². The molecule has 7 heteroatoms. The first-order valence-corrected chi connectivity index (χ1v) is 19.4. The van der Waals surface area contributed by atoms with Crippen LogP contribution in [0.25, 0.3) is 0 Å². The molecule has 33 heavy (non-hydrogen) atoms. The van der Waals surface area contributed by atoms with Crippen molar-refractivity contribution in [1.29, 1.82) is 0 Å². The molecule has 2 unspecified atom stereocenters. The smallest absolute Gasteiger partial charge is 0.192 e. The Labute approximate surface area is 206 Å². The van der Waals surface area contributed by atoms with E-state index < -0.39 is 32.7 Å². The van der Waals surface area contributed by atoms with Crippen LogP contribution in [0, 0.1) is 5.92 Å². The maximum atomic E-state index is 13.7. The molecule has 0 N–H and O–H groups in total. The standard InChI is InChI=1S/C26H46O4SSi2/c1-9-33(10-2,11-3)29-20-19-22-24(30-32(7,8)26(4,5)6)18-17-23(27)25(22)31(28)21-15-13-12-14-16-21/h12-16,22,24-25H,9-11,17-20H2,1-8H3/t22-,24-,25?,31?/m0/s1. The Balaban J connectivity index is 2.34. The van der Waals surface area contributed by atoms with Crippen LogP contribution in [0.3, 0.4) is 0 Å². The van der Waals surface area contributed by atoms with Gasteiger partial charge in [0.2, 0.25) is 0 Å². The van der Waals surface area contributed by atoms with Gasteiger partial charge in [0.25, 0.3) is 0 Å². The number of carbonyl (C=O) groups is 1. The molecule has 0 bridgehead atoms. The maximum Gasteiger partial charge on any atom is 0.192 e. The highest BCUT2D eigenvalue weighted by molar-refractivity contribution is 7.86. The van der Waals surface area contributed by atoms with Gasteiger partial charge in [-0.3, -0.25) is 9.00 Å². The van der Waals surface area contributed by atoms with E-state index in [4.69, 9.17) is 8.85 Å². The van der Waals surface area contributed by atoms with Gasteiger partial charge in [0.15, 0.2) is 16.6 Å². The predicted molar refractivity (Wildman–Crippen MR) is 144 cm³/mol. The molecule has 188 valence electrons. The Kier molecular flexibility index (Phi) is 10.3. The second kappa shape index (κ2) is 11.9. The SMILES string of the molecule is CC[Si](CC)(CC)OCC[C@@H]1C(S(=O)c2ccccc2)C(=O)CC[C@@H]1O[Si](C)(C)C(C)(C)C.